The molecule has 0 bridgehead atoms. The number of benzene rings is 2. The van der Waals surface area contributed by atoms with Crippen molar-refractivity contribution in [2.45, 2.75) is 26.4 Å². The van der Waals surface area contributed by atoms with Gasteiger partial charge in [0.15, 0.2) is 15.0 Å². The molecule has 2 aromatic carbocycles. The topological polar surface area (TPSA) is 124 Å². The summed E-state index contributed by atoms with van der Waals surface area (Å²) in [6, 6.07) is 13.9. The number of carbonyl (C=O) groups is 1. The number of aromatic nitrogens is 1. The third-order valence-corrected chi connectivity index (χ3v) is 7.91. The van der Waals surface area contributed by atoms with E-state index in [0.29, 0.717) is 42.0 Å². The van der Waals surface area contributed by atoms with Crippen molar-refractivity contribution >= 4 is 42.6 Å². The third-order valence-electron chi connectivity index (χ3n) is 5.30. The number of thiazole rings is 1. The highest BCUT2D eigenvalue weighted by Crippen LogP contribution is 2.39. The van der Waals surface area contributed by atoms with Gasteiger partial charge in [0, 0.05) is 31.7 Å². The van der Waals surface area contributed by atoms with Crippen molar-refractivity contribution in [1.29, 1.82) is 0 Å². The maximum atomic E-state index is 12.0. The van der Waals surface area contributed by atoms with Crippen LogP contribution < -0.4 is 15.8 Å². The fourth-order valence-corrected chi connectivity index (χ4v) is 5.87. The van der Waals surface area contributed by atoms with Gasteiger partial charge >= 0.3 is 6.09 Å². The molecule has 0 saturated carbocycles. The van der Waals surface area contributed by atoms with Crippen LogP contribution in [0.2, 0.25) is 0 Å². The van der Waals surface area contributed by atoms with E-state index in [1.807, 2.05) is 63.2 Å². The average Bonchev–Trinajstić information content (AvgIpc) is 3.23. The number of rotatable bonds is 5. The summed E-state index contributed by atoms with van der Waals surface area (Å²) in [7, 11) is -1.11. The zero-order chi connectivity index (χ0) is 26.3. The molecule has 1 saturated heterocycles. The average molecular weight is 535 g/mol. The lowest BCUT2D eigenvalue weighted by Crippen LogP contribution is -2.42. The molecule has 0 spiro atoms. The highest BCUT2D eigenvalue weighted by atomic mass is 32.2. The summed E-state index contributed by atoms with van der Waals surface area (Å²) in [5, 5.41) is 3.19. The molecular formula is C25H34N4O5S2. The first kappa shape index (κ1) is 27.9. The van der Waals surface area contributed by atoms with Crippen molar-refractivity contribution in [2.75, 3.05) is 50.1 Å². The van der Waals surface area contributed by atoms with E-state index >= 15 is 0 Å². The van der Waals surface area contributed by atoms with Crippen LogP contribution >= 0.6 is 11.3 Å². The van der Waals surface area contributed by atoms with E-state index in [9.17, 15) is 13.2 Å². The van der Waals surface area contributed by atoms with Gasteiger partial charge in [-0.15, -0.1) is 0 Å². The van der Waals surface area contributed by atoms with Crippen molar-refractivity contribution in [3.8, 4) is 16.9 Å². The maximum Gasteiger partial charge on any atom is 0.413 e. The molecular weight excluding hydrogens is 500 g/mol. The third kappa shape index (κ3) is 7.89. The molecule has 0 radical (unpaired) electrons. The Labute approximate surface area is 216 Å². The van der Waals surface area contributed by atoms with Gasteiger partial charge in [-0.25, -0.2) is 18.2 Å². The highest BCUT2D eigenvalue weighted by molar-refractivity contribution is 7.91. The van der Waals surface area contributed by atoms with E-state index in [1.54, 1.807) is 7.11 Å². The van der Waals surface area contributed by atoms with Gasteiger partial charge < -0.3 is 20.1 Å². The molecule has 1 aliphatic rings. The van der Waals surface area contributed by atoms with E-state index in [-0.39, 0.29) is 0 Å². The number of methoxy groups -OCH3 is 1. The van der Waals surface area contributed by atoms with Crippen LogP contribution in [0.15, 0.2) is 42.5 Å². The molecule has 3 aromatic rings. The van der Waals surface area contributed by atoms with Crippen molar-refractivity contribution in [3.63, 3.8) is 0 Å². The van der Waals surface area contributed by atoms with Crippen LogP contribution in [-0.2, 0) is 14.6 Å². The first-order chi connectivity index (χ1) is 17.0. The van der Waals surface area contributed by atoms with Crippen molar-refractivity contribution in [1.82, 2.24) is 9.88 Å². The summed E-state index contributed by atoms with van der Waals surface area (Å²) < 4.78 is 33.6. The number of nitrogens with two attached hydrogens (primary N) is 1. The lowest BCUT2D eigenvalue weighted by atomic mass is 10.1. The number of nitrogens with one attached hydrogen (secondary N) is 1. The molecule has 2 heterocycles. The number of sulfone groups is 1. The molecule has 11 heteroatoms. The van der Waals surface area contributed by atoms with Crippen molar-refractivity contribution < 1.29 is 22.7 Å². The molecule has 1 amide bonds. The Morgan fingerprint density at radius 2 is 1.81 bits per heavy atom. The zero-order valence-corrected chi connectivity index (χ0v) is 22.7. The zero-order valence-electron chi connectivity index (χ0n) is 21.1. The Morgan fingerprint density at radius 1 is 1.14 bits per heavy atom. The van der Waals surface area contributed by atoms with E-state index in [4.69, 9.17) is 15.2 Å². The summed E-state index contributed by atoms with van der Waals surface area (Å²) >= 11 is 1.40. The number of fused-ring (bicyclic) bond motifs is 1. The van der Waals surface area contributed by atoms with Gasteiger partial charge in [-0.3, -0.25) is 5.32 Å². The maximum absolute atomic E-state index is 12.0. The molecule has 1 aliphatic heterocycles. The Morgan fingerprint density at radius 3 is 2.39 bits per heavy atom. The monoisotopic (exact) mass is 534 g/mol. The molecule has 1 fully saturated rings. The number of hydrogen-bond donors (Lipinski definition) is 2. The Bertz CT molecular complexity index is 1260. The number of hydrogen-bond acceptors (Lipinski definition) is 9. The van der Waals surface area contributed by atoms with Gasteiger partial charge in [-0.1, -0.05) is 41.7 Å². The van der Waals surface area contributed by atoms with Gasteiger partial charge in [0.2, 0.25) is 0 Å². The molecule has 0 atom stereocenters. The predicted molar refractivity (Wildman–Crippen MR) is 146 cm³/mol. The second-order valence-electron chi connectivity index (χ2n) is 9.29. The fourth-order valence-electron chi connectivity index (χ4n) is 3.59. The van der Waals surface area contributed by atoms with Crippen LogP contribution in [0.5, 0.6) is 5.75 Å². The number of ether oxygens (including phenoxy) is 2. The predicted octanol–water partition coefficient (Wildman–Crippen LogP) is 3.99. The number of amides is 1. The Balaban J connectivity index is 0.000000275. The van der Waals surface area contributed by atoms with Crippen LogP contribution in [0.4, 0.5) is 9.93 Å². The minimum Gasteiger partial charge on any atom is -0.494 e. The lowest BCUT2D eigenvalue weighted by molar-refractivity contribution is 0.0636. The SMILES string of the molecule is COc1ccc(-c2ccccc2)c2sc(NC(=O)OC(C)(C)C)nc12.NCCN1CCS(=O)(=O)CC1. The standard InChI is InChI=1S/C19H20N2O3S.C6H14N2O2S/c1-19(2,3)24-18(22)21-17-20-15-14(23-4)11-10-13(16(15)25-17)12-8-6-5-7-9-12;7-1-2-8-3-5-11(9,10)6-4-8/h5-11H,1-4H3,(H,20,21,22);1-7H2. The smallest absolute Gasteiger partial charge is 0.413 e. The number of nitrogens with zero attached hydrogens (tertiary/aromatic N) is 2. The van der Waals surface area contributed by atoms with Crippen LogP contribution in [0.25, 0.3) is 21.3 Å². The molecule has 0 unspecified atom stereocenters. The summed E-state index contributed by atoms with van der Waals surface area (Å²) in [6.45, 7) is 8.19. The van der Waals surface area contributed by atoms with Crippen molar-refractivity contribution in [3.05, 3.63) is 42.5 Å². The molecule has 0 aliphatic carbocycles. The molecule has 9 nitrogen and oxygen atoms in total. The first-order valence-corrected chi connectivity index (χ1v) is 14.3. The summed E-state index contributed by atoms with van der Waals surface area (Å²) in [6.07, 6.45) is -0.521. The second-order valence-corrected chi connectivity index (χ2v) is 12.6. The number of carbonyl (C=O) groups excluding carboxylic acids is 1. The minimum atomic E-state index is -2.72. The van der Waals surface area contributed by atoms with E-state index < -0.39 is 21.5 Å². The Hall–Kier alpha value is -2.73. The normalized spacial score (nSPS) is 15.6. The molecule has 36 heavy (non-hydrogen) atoms. The molecule has 4 rings (SSSR count). The molecule has 1 aromatic heterocycles. The van der Waals surface area contributed by atoms with Crippen molar-refractivity contribution in [2.24, 2.45) is 5.73 Å². The second kappa shape index (κ2) is 12.0. The minimum absolute atomic E-state index is 0.299. The van der Waals surface area contributed by atoms with Gasteiger partial charge in [0.25, 0.3) is 0 Å². The van der Waals surface area contributed by atoms with Gasteiger partial charge in [0.05, 0.1) is 23.3 Å². The Kier molecular flexibility index (Phi) is 9.29. The van der Waals surface area contributed by atoms with Crippen LogP contribution in [-0.4, -0.2) is 74.8 Å². The van der Waals surface area contributed by atoms with E-state index in [2.05, 4.69) is 15.2 Å². The fraction of sp³-hybridized carbons (Fsp3) is 0.440. The van der Waals surface area contributed by atoms with E-state index in [0.717, 1.165) is 27.9 Å². The highest BCUT2D eigenvalue weighted by Gasteiger charge is 2.21. The van der Waals surface area contributed by atoms with Crippen LogP contribution in [0.3, 0.4) is 0 Å². The van der Waals surface area contributed by atoms with Crippen LogP contribution in [0, 0.1) is 0 Å². The van der Waals surface area contributed by atoms with Gasteiger partial charge in [-0.2, -0.15) is 0 Å². The van der Waals surface area contributed by atoms with Gasteiger partial charge in [0.1, 0.15) is 16.9 Å². The largest absolute Gasteiger partial charge is 0.494 e. The van der Waals surface area contributed by atoms with Gasteiger partial charge in [-0.05, 0) is 38.5 Å². The summed E-state index contributed by atoms with van der Waals surface area (Å²) in [5.41, 5.74) is 7.63. The lowest BCUT2D eigenvalue weighted by Gasteiger charge is -2.25. The van der Waals surface area contributed by atoms with E-state index in [1.165, 1.54) is 11.3 Å². The van der Waals surface area contributed by atoms with Crippen LogP contribution in [0.1, 0.15) is 20.8 Å². The first-order valence-electron chi connectivity index (χ1n) is 11.7. The number of anilines is 1. The quantitative estimate of drug-likeness (QED) is 0.504. The summed E-state index contributed by atoms with van der Waals surface area (Å²) in [5.74, 6) is 1.27. The summed E-state index contributed by atoms with van der Waals surface area (Å²) in [4.78, 5) is 18.6. The molecule has 3 N–H and O–H groups in total. The molecule has 196 valence electrons.